The zero-order valence-corrected chi connectivity index (χ0v) is 13.4. The molecule has 3 fully saturated rings. The third kappa shape index (κ3) is 3.10. The first-order chi connectivity index (χ1) is 10.8. The molecule has 1 saturated carbocycles. The lowest BCUT2D eigenvalue weighted by Crippen LogP contribution is -2.51. The van der Waals surface area contributed by atoms with E-state index in [1.807, 2.05) is 6.92 Å². The Kier molecular flexibility index (Phi) is 4.01. The van der Waals surface area contributed by atoms with E-state index in [4.69, 9.17) is 4.74 Å². The van der Waals surface area contributed by atoms with Gasteiger partial charge in [-0.25, -0.2) is 0 Å². The number of rotatable bonds is 3. The van der Waals surface area contributed by atoms with Crippen molar-refractivity contribution in [2.45, 2.75) is 44.8 Å². The maximum atomic E-state index is 6.09. The quantitative estimate of drug-likeness (QED) is 0.852. The summed E-state index contributed by atoms with van der Waals surface area (Å²) < 4.78 is 6.09. The Morgan fingerprint density at radius 1 is 1.09 bits per heavy atom. The van der Waals surface area contributed by atoms with Gasteiger partial charge >= 0.3 is 0 Å². The molecule has 1 aliphatic carbocycles. The summed E-state index contributed by atoms with van der Waals surface area (Å²) in [5.41, 5.74) is 0.978. The molecule has 0 amide bonds. The average Bonchev–Trinajstić information content (AvgIpc) is 3.35. The minimum atomic E-state index is 0.399. The van der Waals surface area contributed by atoms with E-state index in [0.717, 1.165) is 50.1 Å². The molecule has 5 nitrogen and oxygen atoms in total. The number of aryl methyl sites for hydroxylation is 1. The molecule has 0 unspecified atom stereocenters. The monoisotopic (exact) mass is 302 g/mol. The van der Waals surface area contributed by atoms with Gasteiger partial charge in [0.15, 0.2) is 5.82 Å². The Morgan fingerprint density at radius 3 is 2.73 bits per heavy atom. The van der Waals surface area contributed by atoms with E-state index in [1.54, 1.807) is 0 Å². The SMILES string of the molecule is Cc1ccc(N2CC[C@@H]3OCCN(CC4CC4)[C@H]3CC2)nn1. The Balaban J connectivity index is 1.44. The third-order valence-corrected chi connectivity index (χ3v) is 5.28. The van der Waals surface area contributed by atoms with Gasteiger partial charge < -0.3 is 9.64 Å². The highest BCUT2D eigenvalue weighted by Crippen LogP contribution is 2.33. The lowest BCUT2D eigenvalue weighted by molar-refractivity contribution is -0.0726. The van der Waals surface area contributed by atoms with Crippen molar-refractivity contribution in [3.05, 3.63) is 17.8 Å². The van der Waals surface area contributed by atoms with E-state index in [9.17, 15) is 0 Å². The minimum absolute atomic E-state index is 0.399. The van der Waals surface area contributed by atoms with Crippen LogP contribution < -0.4 is 4.90 Å². The Morgan fingerprint density at radius 2 is 1.95 bits per heavy atom. The van der Waals surface area contributed by atoms with Gasteiger partial charge in [0.25, 0.3) is 0 Å². The highest BCUT2D eigenvalue weighted by molar-refractivity contribution is 5.37. The Hall–Kier alpha value is -1.20. The van der Waals surface area contributed by atoms with Gasteiger partial charge in [0.2, 0.25) is 0 Å². The maximum absolute atomic E-state index is 6.09. The Labute approximate surface area is 132 Å². The molecule has 0 bridgehead atoms. The fourth-order valence-corrected chi connectivity index (χ4v) is 3.81. The number of ether oxygens (including phenoxy) is 1. The van der Waals surface area contributed by atoms with Crippen LogP contribution in [-0.2, 0) is 4.74 Å². The van der Waals surface area contributed by atoms with Gasteiger partial charge in [-0.2, -0.15) is 5.10 Å². The molecule has 5 heteroatoms. The van der Waals surface area contributed by atoms with E-state index in [0.29, 0.717) is 12.1 Å². The molecule has 2 atom stereocenters. The van der Waals surface area contributed by atoms with E-state index >= 15 is 0 Å². The molecule has 2 saturated heterocycles. The highest BCUT2D eigenvalue weighted by atomic mass is 16.5. The number of hydrogen-bond donors (Lipinski definition) is 0. The van der Waals surface area contributed by atoms with Crippen molar-refractivity contribution in [1.82, 2.24) is 15.1 Å². The fraction of sp³-hybridized carbons (Fsp3) is 0.765. The molecular formula is C17H26N4O. The molecule has 1 aromatic rings. The highest BCUT2D eigenvalue weighted by Gasteiger charge is 2.37. The van der Waals surface area contributed by atoms with Gasteiger partial charge in [0.1, 0.15) is 0 Å². The second-order valence-electron chi connectivity index (χ2n) is 7.01. The molecular weight excluding hydrogens is 276 g/mol. The first-order valence-electron chi connectivity index (χ1n) is 8.70. The first kappa shape index (κ1) is 14.4. The van der Waals surface area contributed by atoms with Crippen LogP contribution in [0.3, 0.4) is 0 Å². The van der Waals surface area contributed by atoms with Crippen molar-refractivity contribution < 1.29 is 4.74 Å². The molecule has 4 rings (SSSR count). The van der Waals surface area contributed by atoms with Crippen LogP contribution in [0.15, 0.2) is 12.1 Å². The smallest absolute Gasteiger partial charge is 0.151 e. The van der Waals surface area contributed by atoms with Gasteiger partial charge in [0, 0.05) is 32.2 Å². The number of aromatic nitrogens is 2. The number of hydrogen-bond acceptors (Lipinski definition) is 5. The van der Waals surface area contributed by atoms with E-state index in [2.05, 4.69) is 32.1 Å². The van der Waals surface area contributed by atoms with Crippen LogP contribution in [0.5, 0.6) is 0 Å². The van der Waals surface area contributed by atoms with Crippen molar-refractivity contribution in [2.24, 2.45) is 5.92 Å². The largest absolute Gasteiger partial charge is 0.375 e. The second-order valence-corrected chi connectivity index (χ2v) is 7.01. The Bertz CT molecular complexity index is 502. The second kappa shape index (κ2) is 6.13. The summed E-state index contributed by atoms with van der Waals surface area (Å²) in [7, 11) is 0. The standard InChI is InChI=1S/C17H26N4O/c1-13-2-5-17(19-18-13)20-8-6-15-16(7-9-20)22-11-10-21(15)12-14-3-4-14/h2,5,14-16H,3-4,6-12H2,1H3/t15-,16-/m0/s1. The van der Waals surface area contributed by atoms with E-state index in [-0.39, 0.29) is 0 Å². The third-order valence-electron chi connectivity index (χ3n) is 5.28. The van der Waals surface area contributed by atoms with Gasteiger partial charge in [0.05, 0.1) is 18.4 Å². The van der Waals surface area contributed by atoms with E-state index < -0.39 is 0 Å². The molecule has 120 valence electrons. The zero-order valence-electron chi connectivity index (χ0n) is 13.4. The van der Waals surface area contributed by atoms with Crippen LogP contribution in [-0.4, -0.2) is 60.0 Å². The van der Waals surface area contributed by atoms with E-state index in [1.165, 1.54) is 25.8 Å². The molecule has 0 spiro atoms. The van der Waals surface area contributed by atoms with Crippen LogP contribution in [0.2, 0.25) is 0 Å². The van der Waals surface area contributed by atoms with Crippen molar-refractivity contribution in [1.29, 1.82) is 0 Å². The lowest BCUT2D eigenvalue weighted by atomic mass is 10.0. The molecule has 2 aliphatic heterocycles. The molecule has 0 radical (unpaired) electrons. The topological polar surface area (TPSA) is 41.5 Å². The molecule has 3 aliphatic rings. The zero-order chi connectivity index (χ0) is 14.9. The van der Waals surface area contributed by atoms with Crippen molar-refractivity contribution in [3.63, 3.8) is 0 Å². The number of morpholine rings is 1. The molecule has 22 heavy (non-hydrogen) atoms. The minimum Gasteiger partial charge on any atom is -0.375 e. The molecule has 3 heterocycles. The summed E-state index contributed by atoms with van der Waals surface area (Å²) in [6.07, 6.45) is 5.53. The summed E-state index contributed by atoms with van der Waals surface area (Å²) in [5.74, 6) is 1.97. The fourth-order valence-electron chi connectivity index (χ4n) is 3.81. The normalized spacial score (nSPS) is 30.0. The summed E-state index contributed by atoms with van der Waals surface area (Å²) in [6, 6.07) is 4.74. The van der Waals surface area contributed by atoms with Gasteiger partial charge in [-0.3, -0.25) is 4.90 Å². The van der Waals surface area contributed by atoms with Crippen molar-refractivity contribution >= 4 is 5.82 Å². The van der Waals surface area contributed by atoms with Gasteiger partial charge in [-0.15, -0.1) is 5.10 Å². The van der Waals surface area contributed by atoms with Crippen molar-refractivity contribution in [2.75, 3.05) is 37.7 Å². The summed E-state index contributed by atoms with van der Waals surface area (Å²) in [5, 5.41) is 8.56. The number of anilines is 1. The lowest BCUT2D eigenvalue weighted by Gasteiger charge is -2.40. The van der Waals surface area contributed by atoms with Crippen LogP contribution in [0.25, 0.3) is 0 Å². The van der Waals surface area contributed by atoms with Crippen LogP contribution >= 0.6 is 0 Å². The molecule has 0 N–H and O–H groups in total. The molecule has 1 aromatic heterocycles. The summed E-state index contributed by atoms with van der Waals surface area (Å²) in [4.78, 5) is 5.08. The predicted molar refractivity (Wildman–Crippen MR) is 86.0 cm³/mol. The molecule has 0 aromatic carbocycles. The summed E-state index contributed by atoms with van der Waals surface area (Å²) >= 11 is 0. The summed E-state index contributed by atoms with van der Waals surface area (Å²) in [6.45, 7) is 7.37. The maximum Gasteiger partial charge on any atom is 0.151 e. The van der Waals surface area contributed by atoms with Crippen molar-refractivity contribution in [3.8, 4) is 0 Å². The predicted octanol–water partition coefficient (Wildman–Crippen LogP) is 1.86. The number of nitrogens with zero attached hydrogens (tertiary/aromatic N) is 4. The van der Waals surface area contributed by atoms with Crippen LogP contribution in [0.1, 0.15) is 31.4 Å². The van der Waals surface area contributed by atoms with Gasteiger partial charge in [-0.1, -0.05) is 0 Å². The number of fused-ring (bicyclic) bond motifs is 1. The van der Waals surface area contributed by atoms with Crippen LogP contribution in [0, 0.1) is 12.8 Å². The van der Waals surface area contributed by atoms with Gasteiger partial charge in [-0.05, 0) is 50.7 Å². The van der Waals surface area contributed by atoms with Crippen LogP contribution in [0.4, 0.5) is 5.82 Å². The first-order valence-corrected chi connectivity index (χ1v) is 8.70. The average molecular weight is 302 g/mol.